The number of esters is 1. The van der Waals surface area contributed by atoms with Crippen LogP contribution in [-0.4, -0.2) is 62.3 Å². The van der Waals surface area contributed by atoms with Crippen molar-refractivity contribution in [3.05, 3.63) is 29.8 Å². The second-order valence-corrected chi connectivity index (χ2v) is 8.69. The summed E-state index contributed by atoms with van der Waals surface area (Å²) in [5, 5.41) is 0. The van der Waals surface area contributed by atoms with Gasteiger partial charge in [0.25, 0.3) is 5.91 Å². The van der Waals surface area contributed by atoms with Crippen LogP contribution in [0.3, 0.4) is 0 Å². The quantitative estimate of drug-likeness (QED) is 0.659. The summed E-state index contributed by atoms with van der Waals surface area (Å²) in [7, 11) is -3.66. The molecule has 1 aliphatic rings. The lowest BCUT2D eigenvalue weighted by Crippen LogP contribution is -2.40. The van der Waals surface area contributed by atoms with E-state index in [0.29, 0.717) is 32.1 Å². The highest BCUT2D eigenvalue weighted by Crippen LogP contribution is 2.18. The number of benzene rings is 1. The highest BCUT2D eigenvalue weighted by Gasteiger charge is 2.24. The van der Waals surface area contributed by atoms with E-state index in [1.54, 1.807) is 18.7 Å². The van der Waals surface area contributed by atoms with Gasteiger partial charge in [0.1, 0.15) is 0 Å². The minimum Gasteiger partial charge on any atom is -0.452 e. The van der Waals surface area contributed by atoms with Crippen LogP contribution in [0.25, 0.3) is 0 Å². The zero-order chi connectivity index (χ0) is 20.0. The minimum absolute atomic E-state index is 0.0389. The summed E-state index contributed by atoms with van der Waals surface area (Å²) in [5.74, 6) is -0.320. The standard InChI is InChI=1S/C19H28N2O5S/c1-4-21(5-2)27(24,25)17-8-6-7-16(13-17)19(23)26-14-18(22)20-11-9-15(3)10-12-20/h6-8,13,15H,4-5,9-12,14H2,1-3H3. The summed E-state index contributed by atoms with van der Waals surface area (Å²) in [6, 6.07) is 5.73. The zero-order valence-electron chi connectivity index (χ0n) is 16.2. The van der Waals surface area contributed by atoms with Crippen LogP contribution < -0.4 is 0 Å². The number of amides is 1. The fourth-order valence-electron chi connectivity index (χ4n) is 3.06. The number of nitrogens with zero attached hydrogens (tertiary/aromatic N) is 2. The van der Waals surface area contributed by atoms with Crippen LogP contribution in [0.2, 0.25) is 0 Å². The Labute approximate surface area is 161 Å². The van der Waals surface area contributed by atoms with E-state index in [1.807, 2.05) is 0 Å². The second-order valence-electron chi connectivity index (χ2n) is 6.76. The molecular formula is C19H28N2O5S. The number of piperidine rings is 1. The van der Waals surface area contributed by atoms with Gasteiger partial charge in [-0.15, -0.1) is 0 Å². The highest BCUT2D eigenvalue weighted by molar-refractivity contribution is 7.89. The Morgan fingerprint density at radius 3 is 2.41 bits per heavy atom. The molecule has 1 heterocycles. The molecular weight excluding hydrogens is 368 g/mol. The molecule has 0 radical (unpaired) electrons. The third kappa shape index (κ3) is 5.29. The summed E-state index contributed by atoms with van der Waals surface area (Å²) < 4.78 is 31.6. The van der Waals surface area contributed by atoms with Crippen molar-refractivity contribution in [1.82, 2.24) is 9.21 Å². The highest BCUT2D eigenvalue weighted by atomic mass is 32.2. The van der Waals surface area contributed by atoms with Gasteiger partial charge in [-0.3, -0.25) is 4.79 Å². The van der Waals surface area contributed by atoms with Gasteiger partial charge in [0.2, 0.25) is 10.0 Å². The van der Waals surface area contributed by atoms with Crippen molar-refractivity contribution in [3.63, 3.8) is 0 Å². The first-order valence-corrected chi connectivity index (χ1v) is 10.8. The first kappa shape index (κ1) is 21.4. The fourth-order valence-corrected chi connectivity index (χ4v) is 4.56. The van der Waals surface area contributed by atoms with Crippen molar-refractivity contribution in [2.24, 2.45) is 5.92 Å². The van der Waals surface area contributed by atoms with Gasteiger partial charge in [-0.1, -0.05) is 26.8 Å². The molecule has 1 saturated heterocycles. The lowest BCUT2D eigenvalue weighted by molar-refractivity contribution is -0.135. The number of carbonyl (C=O) groups excluding carboxylic acids is 2. The predicted octanol–water partition coefficient (Wildman–Crippen LogP) is 2.13. The van der Waals surface area contributed by atoms with Gasteiger partial charge in [0.05, 0.1) is 10.5 Å². The molecule has 0 spiro atoms. The Morgan fingerprint density at radius 1 is 1.19 bits per heavy atom. The van der Waals surface area contributed by atoms with Crippen LogP contribution in [0.1, 0.15) is 44.0 Å². The van der Waals surface area contributed by atoms with E-state index in [9.17, 15) is 18.0 Å². The summed E-state index contributed by atoms with van der Waals surface area (Å²) >= 11 is 0. The molecule has 0 unspecified atom stereocenters. The van der Waals surface area contributed by atoms with Crippen molar-refractivity contribution >= 4 is 21.9 Å². The van der Waals surface area contributed by atoms with Gasteiger partial charge >= 0.3 is 5.97 Å². The molecule has 27 heavy (non-hydrogen) atoms. The molecule has 1 aliphatic heterocycles. The largest absolute Gasteiger partial charge is 0.452 e. The van der Waals surface area contributed by atoms with E-state index < -0.39 is 16.0 Å². The topological polar surface area (TPSA) is 84.0 Å². The number of ether oxygens (including phenoxy) is 1. The lowest BCUT2D eigenvalue weighted by Gasteiger charge is -2.30. The average molecular weight is 397 g/mol. The van der Waals surface area contributed by atoms with Gasteiger partial charge in [-0.25, -0.2) is 13.2 Å². The molecule has 0 bridgehead atoms. The maximum absolute atomic E-state index is 12.6. The summed E-state index contributed by atoms with van der Waals surface area (Å²) in [5.41, 5.74) is 0.114. The molecule has 1 amide bonds. The molecule has 0 aliphatic carbocycles. The van der Waals surface area contributed by atoms with Crippen molar-refractivity contribution in [3.8, 4) is 0 Å². The van der Waals surface area contributed by atoms with Gasteiger partial charge in [-0.2, -0.15) is 4.31 Å². The molecule has 150 valence electrons. The Morgan fingerprint density at radius 2 is 1.81 bits per heavy atom. The normalized spacial score (nSPS) is 15.8. The molecule has 1 fully saturated rings. The molecule has 0 saturated carbocycles. The summed E-state index contributed by atoms with van der Waals surface area (Å²) in [6.45, 7) is 7.37. The molecule has 1 aromatic carbocycles. The average Bonchev–Trinajstić information content (AvgIpc) is 2.67. The Balaban J connectivity index is 2.02. The Bertz CT molecular complexity index is 766. The third-order valence-corrected chi connectivity index (χ3v) is 6.92. The van der Waals surface area contributed by atoms with Crippen molar-refractivity contribution in [2.75, 3.05) is 32.8 Å². The van der Waals surface area contributed by atoms with E-state index in [0.717, 1.165) is 12.8 Å². The molecule has 7 nitrogen and oxygen atoms in total. The summed E-state index contributed by atoms with van der Waals surface area (Å²) in [4.78, 5) is 26.2. The number of sulfonamides is 1. The smallest absolute Gasteiger partial charge is 0.338 e. The predicted molar refractivity (Wildman–Crippen MR) is 102 cm³/mol. The van der Waals surface area contributed by atoms with Crippen LogP contribution in [0.15, 0.2) is 29.2 Å². The van der Waals surface area contributed by atoms with Crippen LogP contribution >= 0.6 is 0 Å². The number of likely N-dealkylation sites (tertiary alicyclic amines) is 1. The SMILES string of the molecule is CCN(CC)S(=O)(=O)c1cccc(C(=O)OCC(=O)N2CCC(C)CC2)c1. The molecule has 2 rings (SSSR count). The molecule has 0 atom stereocenters. The lowest BCUT2D eigenvalue weighted by atomic mass is 9.99. The van der Waals surface area contributed by atoms with Crippen molar-refractivity contribution < 1.29 is 22.7 Å². The van der Waals surface area contributed by atoms with E-state index in [4.69, 9.17) is 4.74 Å². The van der Waals surface area contributed by atoms with Gasteiger partial charge in [0.15, 0.2) is 6.61 Å². The molecule has 1 aromatic rings. The fraction of sp³-hybridized carbons (Fsp3) is 0.579. The first-order valence-electron chi connectivity index (χ1n) is 9.34. The minimum atomic E-state index is -3.66. The van der Waals surface area contributed by atoms with Crippen LogP contribution in [-0.2, 0) is 19.6 Å². The van der Waals surface area contributed by atoms with Crippen molar-refractivity contribution in [1.29, 1.82) is 0 Å². The maximum atomic E-state index is 12.6. The third-order valence-electron chi connectivity index (χ3n) is 4.88. The number of carbonyl (C=O) groups is 2. The van der Waals surface area contributed by atoms with Gasteiger partial charge in [-0.05, 0) is 37.0 Å². The maximum Gasteiger partial charge on any atom is 0.338 e. The first-order chi connectivity index (χ1) is 12.8. The van der Waals surface area contributed by atoms with Crippen LogP contribution in [0.5, 0.6) is 0 Å². The van der Waals surface area contributed by atoms with Crippen LogP contribution in [0, 0.1) is 5.92 Å². The van der Waals surface area contributed by atoms with E-state index in [2.05, 4.69) is 6.92 Å². The van der Waals surface area contributed by atoms with E-state index >= 15 is 0 Å². The van der Waals surface area contributed by atoms with Gasteiger partial charge in [0, 0.05) is 26.2 Å². The van der Waals surface area contributed by atoms with E-state index in [-0.39, 0.29) is 23.0 Å². The molecule has 0 aromatic heterocycles. The van der Waals surface area contributed by atoms with Crippen LogP contribution in [0.4, 0.5) is 0 Å². The van der Waals surface area contributed by atoms with Crippen molar-refractivity contribution in [2.45, 2.75) is 38.5 Å². The molecule has 8 heteroatoms. The zero-order valence-corrected chi connectivity index (χ0v) is 17.0. The number of rotatable bonds is 7. The Hall–Kier alpha value is -1.93. The monoisotopic (exact) mass is 396 g/mol. The number of hydrogen-bond donors (Lipinski definition) is 0. The second kappa shape index (κ2) is 9.32. The molecule has 0 N–H and O–H groups in total. The Kier molecular flexibility index (Phi) is 7.38. The van der Waals surface area contributed by atoms with E-state index in [1.165, 1.54) is 28.6 Å². The summed E-state index contributed by atoms with van der Waals surface area (Å²) in [6.07, 6.45) is 1.90. The number of hydrogen-bond acceptors (Lipinski definition) is 5. The van der Waals surface area contributed by atoms with Gasteiger partial charge < -0.3 is 9.64 Å².